The fraction of sp³-hybridized carbons (Fsp3) is 0.261. The summed E-state index contributed by atoms with van der Waals surface area (Å²) < 4.78 is 22.7. The smallest absolute Gasteiger partial charge is 0.166 e. The molecule has 174 valence electrons. The second-order valence-corrected chi connectivity index (χ2v) is 8.61. The van der Waals surface area contributed by atoms with Crippen molar-refractivity contribution in [3.8, 4) is 5.75 Å². The quantitative estimate of drug-likeness (QED) is 0.323. The Bertz CT molecular complexity index is 1200. The van der Waals surface area contributed by atoms with Crippen molar-refractivity contribution in [2.45, 2.75) is 32.9 Å². The standard InChI is InChI=1S/C23H25BrClFN6O/c1-4-32-12-15(22(25)31-32)7-14(10-29-3)21(27)18-6-5-17(26)9-19(18)13(2)33-20-8-16(24)11-30-23(20)28/h5-6,8-13,27,29H,4,7H2,1-3H3,(H2,28,30)/b14-10-,27-21?/t13-/m1/s1. The molecule has 0 aliphatic carbocycles. The van der Waals surface area contributed by atoms with Crippen LogP contribution in [0.5, 0.6) is 5.75 Å². The van der Waals surface area contributed by atoms with Crippen molar-refractivity contribution in [1.29, 1.82) is 5.41 Å². The molecule has 3 rings (SSSR count). The largest absolute Gasteiger partial charge is 0.482 e. The van der Waals surface area contributed by atoms with Crippen LogP contribution in [0.3, 0.4) is 0 Å². The predicted molar refractivity (Wildman–Crippen MR) is 132 cm³/mol. The van der Waals surface area contributed by atoms with Gasteiger partial charge in [-0.2, -0.15) is 5.10 Å². The summed E-state index contributed by atoms with van der Waals surface area (Å²) in [5, 5.41) is 16.6. The number of nitrogens with zero attached hydrogens (tertiary/aromatic N) is 3. The van der Waals surface area contributed by atoms with Gasteiger partial charge in [0.1, 0.15) is 11.9 Å². The highest BCUT2D eigenvalue weighted by Gasteiger charge is 2.21. The molecule has 4 N–H and O–H groups in total. The zero-order valence-corrected chi connectivity index (χ0v) is 20.8. The minimum atomic E-state index is -0.600. The molecule has 0 fully saturated rings. The minimum absolute atomic E-state index is 0.218. The van der Waals surface area contributed by atoms with Gasteiger partial charge in [0.05, 0.1) is 5.71 Å². The third-order valence-electron chi connectivity index (χ3n) is 5.00. The number of halogens is 3. The number of benzene rings is 1. The zero-order valence-electron chi connectivity index (χ0n) is 18.5. The first-order chi connectivity index (χ1) is 15.7. The van der Waals surface area contributed by atoms with E-state index >= 15 is 0 Å². The Morgan fingerprint density at radius 2 is 2.18 bits per heavy atom. The van der Waals surface area contributed by atoms with Gasteiger partial charge in [0.25, 0.3) is 0 Å². The third-order valence-corrected chi connectivity index (χ3v) is 5.76. The Hall–Kier alpha value is -2.91. The molecule has 0 aliphatic rings. The van der Waals surface area contributed by atoms with E-state index in [-0.39, 0.29) is 11.5 Å². The number of hydrogen-bond acceptors (Lipinski definition) is 6. The van der Waals surface area contributed by atoms with Gasteiger partial charge in [-0.1, -0.05) is 11.6 Å². The van der Waals surface area contributed by atoms with Crippen LogP contribution in [-0.4, -0.2) is 27.5 Å². The van der Waals surface area contributed by atoms with Crippen LogP contribution in [0, 0.1) is 11.2 Å². The molecule has 0 saturated carbocycles. The third kappa shape index (κ3) is 5.91. The second kappa shape index (κ2) is 10.8. The molecule has 0 unspecified atom stereocenters. The lowest BCUT2D eigenvalue weighted by Gasteiger charge is -2.21. The summed E-state index contributed by atoms with van der Waals surface area (Å²) in [7, 11) is 1.75. The van der Waals surface area contributed by atoms with Crippen LogP contribution in [0.4, 0.5) is 10.2 Å². The molecule has 0 aliphatic heterocycles. The van der Waals surface area contributed by atoms with Crippen molar-refractivity contribution in [2.24, 2.45) is 0 Å². The van der Waals surface area contributed by atoms with Crippen molar-refractivity contribution in [3.63, 3.8) is 0 Å². The zero-order chi connectivity index (χ0) is 24.1. The van der Waals surface area contributed by atoms with E-state index in [0.29, 0.717) is 45.0 Å². The molecule has 33 heavy (non-hydrogen) atoms. The van der Waals surface area contributed by atoms with E-state index < -0.39 is 11.9 Å². The molecule has 2 aromatic heterocycles. The van der Waals surface area contributed by atoms with Gasteiger partial charge in [-0.25, -0.2) is 9.37 Å². The van der Waals surface area contributed by atoms with Gasteiger partial charge in [-0.3, -0.25) is 10.1 Å². The molecule has 0 bridgehead atoms. The first kappa shape index (κ1) is 24.7. The first-order valence-electron chi connectivity index (χ1n) is 10.3. The number of anilines is 1. The van der Waals surface area contributed by atoms with E-state index in [1.54, 1.807) is 43.2 Å². The number of allylic oxidation sites excluding steroid dienone is 1. The van der Waals surface area contributed by atoms with Crippen LogP contribution in [0.25, 0.3) is 0 Å². The van der Waals surface area contributed by atoms with Crippen LogP contribution in [0.2, 0.25) is 5.15 Å². The van der Waals surface area contributed by atoms with Crippen molar-refractivity contribution < 1.29 is 9.13 Å². The van der Waals surface area contributed by atoms with E-state index in [4.69, 9.17) is 27.5 Å². The molecule has 0 amide bonds. The SMILES string of the molecule is CCn1cc(C/C(=C/NC)C(=N)c2ccc(F)cc2[C@@H](C)Oc2cc(Br)cnc2N)c(Cl)n1. The van der Waals surface area contributed by atoms with Gasteiger partial charge >= 0.3 is 0 Å². The van der Waals surface area contributed by atoms with Gasteiger partial charge in [0, 0.05) is 59.8 Å². The van der Waals surface area contributed by atoms with Gasteiger partial charge in [0.2, 0.25) is 0 Å². The van der Waals surface area contributed by atoms with Crippen LogP contribution in [0.15, 0.2) is 52.9 Å². The minimum Gasteiger partial charge on any atom is -0.482 e. The summed E-state index contributed by atoms with van der Waals surface area (Å²) in [6.45, 7) is 4.43. The van der Waals surface area contributed by atoms with Crippen molar-refractivity contribution >= 4 is 39.1 Å². The highest BCUT2D eigenvalue weighted by atomic mass is 79.9. The Morgan fingerprint density at radius 3 is 2.85 bits per heavy atom. The summed E-state index contributed by atoms with van der Waals surface area (Å²) >= 11 is 9.65. The predicted octanol–water partition coefficient (Wildman–Crippen LogP) is 5.29. The lowest BCUT2D eigenvalue weighted by molar-refractivity contribution is 0.226. The molecular formula is C23H25BrClFN6O. The second-order valence-electron chi connectivity index (χ2n) is 7.34. The van der Waals surface area contributed by atoms with Crippen LogP contribution in [-0.2, 0) is 13.0 Å². The molecule has 0 spiro atoms. The maximum atomic E-state index is 14.2. The lowest BCUT2D eigenvalue weighted by atomic mass is 9.92. The molecule has 2 heterocycles. The van der Waals surface area contributed by atoms with E-state index in [1.165, 1.54) is 12.1 Å². The van der Waals surface area contributed by atoms with Gasteiger partial charge in [0.15, 0.2) is 16.7 Å². The number of ether oxygens (including phenoxy) is 1. The number of hydrogen-bond donors (Lipinski definition) is 3. The maximum Gasteiger partial charge on any atom is 0.166 e. The lowest BCUT2D eigenvalue weighted by Crippen LogP contribution is -2.16. The Labute approximate surface area is 205 Å². The summed E-state index contributed by atoms with van der Waals surface area (Å²) in [6.07, 6.45) is 4.94. The van der Waals surface area contributed by atoms with Crippen molar-refractivity contribution in [2.75, 3.05) is 12.8 Å². The molecule has 1 aromatic carbocycles. The number of aryl methyl sites for hydroxylation is 1. The summed E-state index contributed by atoms with van der Waals surface area (Å²) in [6, 6.07) is 5.97. The summed E-state index contributed by atoms with van der Waals surface area (Å²) in [5.41, 5.74) is 8.66. The topological polar surface area (TPSA) is 102 Å². The van der Waals surface area contributed by atoms with Crippen molar-refractivity contribution in [1.82, 2.24) is 20.1 Å². The highest BCUT2D eigenvalue weighted by molar-refractivity contribution is 9.10. The van der Waals surface area contributed by atoms with E-state index in [2.05, 4.69) is 31.3 Å². The number of rotatable bonds is 9. The number of nitrogens with two attached hydrogens (primary N) is 1. The normalized spacial score (nSPS) is 12.5. The number of nitrogen functional groups attached to an aromatic ring is 1. The average molecular weight is 536 g/mol. The summed E-state index contributed by atoms with van der Waals surface area (Å²) in [4.78, 5) is 4.07. The monoisotopic (exact) mass is 534 g/mol. The van der Waals surface area contributed by atoms with Crippen LogP contribution < -0.4 is 15.8 Å². The van der Waals surface area contributed by atoms with Crippen LogP contribution >= 0.6 is 27.5 Å². The Morgan fingerprint density at radius 1 is 1.42 bits per heavy atom. The van der Waals surface area contributed by atoms with Crippen LogP contribution in [0.1, 0.15) is 36.6 Å². The van der Waals surface area contributed by atoms with Crippen molar-refractivity contribution in [3.05, 3.63) is 80.6 Å². The number of pyridine rings is 1. The highest BCUT2D eigenvalue weighted by Crippen LogP contribution is 2.31. The number of nitrogens with one attached hydrogen (secondary N) is 2. The van der Waals surface area contributed by atoms with E-state index in [0.717, 1.165) is 5.56 Å². The Kier molecular flexibility index (Phi) is 8.10. The average Bonchev–Trinajstić information content (AvgIpc) is 3.14. The molecule has 1 atom stereocenters. The van der Waals surface area contributed by atoms with E-state index in [1.807, 2.05) is 13.1 Å². The summed E-state index contributed by atoms with van der Waals surface area (Å²) in [5.74, 6) is 0.156. The van der Waals surface area contributed by atoms with Gasteiger partial charge in [-0.05, 0) is 59.6 Å². The molecule has 3 aromatic rings. The fourth-order valence-electron chi connectivity index (χ4n) is 3.36. The molecule has 10 heteroatoms. The molecule has 0 saturated heterocycles. The molecule has 0 radical (unpaired) electrons. The first-order valence-corrected chi connectivity index (χ1v) is 11.4. The van der Waals surface area contributed by atoms with Gasteiger partial charge in [-0.15, -0.1) is 0 Å². The fourth-order valence-corrected chi connectivity index (χ4v) is 3.88. The molecule has 7 nitrogen and oxygen atoms in total. The number of aromatic nitrogens is 3. The maximum absolute atomic E-state index is 14.2. The molecular weight excluding hydrogens is 511 g/mol. The Balaban J connectivity index is 1.95. The van der Waals surface area contributed by atoms with Gasteiger partial charge < -0.3 is 15.8 Å². The van der Waals surface area contributed by atoms with E-state index in [9.17, 15) is 4.39 Å².